The van der Waals surface area contributed by atoms with Crippen molar-refractivity contribution >= 4 is 36.0 Å². The lowest BCUT2D eigenvalue weighted by Crippen LogP contribution is -2.50. The molecular weight excluding hydrogens is 248 g/mol. The van der Waals surface area contributed by atoms with Crippen LogP contribution in [0.2, 0.25) is 5.15 Å². The Morgan fingerprint density at radius 1 is 1.17 bits per heavy atom. The summed E-state index contributed by atoms with van der Waals surface area (Å²) in [7, 11) is -0.923. The number of aromatic nitrogens is 1. The molecule has 2 heterocycles. The number of para-hydroxylation sites is 1. The van der Waals surface area contributed by atoms with Crippen LogP contribution in [0.3, 0.4) is 0 Å². The molecule has 2 aromatic rings. The highest BCUT2D eigenvalue weighted by molar-refractivity contribution is 6.74. The highest BCUT2D eigenvalue weighted by atomic mass is 35.5. The third kappa shape index (κ3) is 1.77. The molecule has 0 saturated carbocycles. The second-order valence-electron chi connectivity index (χ2n) is 3.90. The van der Waals surface area contributed by atoms with Gasteiger partial charge in [0.25, 0.3) is 0 Å². The van der Waals surface area contributed by atoms with Crippen molar-refractivity contribution in [2.24, 2.45) is 5.10 Å². The number of pyridine rings is 1. The predicted molar refractivity (Wildman–Crippen MR) is 73.4 cm³/mol. The third-order valence-electron chi connectivity index (χ3n) is 2.81. The van der Waals surface area contributed by atoms with Crippen molar-refractivity contribution in [3.05, 3.63) is 53.3 Å². The molecule has 0 aliphatic carbocycles. The summed E-state index contributed by atoms with van der Waals surface area (Å²) in [5, 5.41) is 14.9. The van der Waals surface area contributed by atoms with Gasteiger partial charge in [0.15, 0.2) is 0 Å². The molecule has 1 aromatic heterocycles. The molecule has 4 nitrogen and oxygen atoms in total. The first kappa shape index (κ1) is 11.3. The number of benzene rings is 1. The number of nitrogens with zero attached hydrogens (tertiary/aromatic N) is 3. The van der Waals surface area contributed by atoms with Gasteiger partial charge in [-0.25, -0.2) is 4.98 Å². The smallest absolute Gasteiger partial charge is 0.427 e. The van der Waals surface area contributed by atoms with E-state index in [1.807, 2.05) is 30.3 Å². The molecule has 18 heavy (non-hydrogen) atoms. The summed E-state index contributed by atoms with van der Waals surface area (Å²) in [4.78, 5) is 5.50. The summed E-state index contributed by atoms with van der Waals surface area (Å²) in [5.41, 5.74) is 2.17. The molecule has 1 aliphatic heterocycles. The Balaban J connectivity index is 2.07. The molecule has 0 spiro atoms. The summed E-state index contributed by atoms with van der Waals surface area (Å²) in [6, 6.07) is 11.2. The number of hydrogen-bond donors (Lipinski definition) is 1. The minimum absolute atomic E-state index is 0.298. The molecule has 1 aliphatic rings. The average Bonchev–Trinajstić information content (AvgIpc) is 2.40. The fourth-order valence-corrected chi connectivity index (χ4v) is 2.19. The molecule has 0 bridgehead atoms. The first-order valence-corrected chi connectivity index (χ1v) is 5.86. The van der Waals surface area contributed by atoms with E-state index in [2.05, 4.69) is 10.1 Å². The normalized spacial score (nSPS) is 13.7. The Morgan fingerprint density at radius 3 is 2.72 bits per heavy atom. The first-order chi connectivity index (χ1) is 8.77. The van der Waals surface area contributed by atoms with Crippen LogP contribution in [0.1, 0.15) is 5.56 Å². The van der Waals surface area contributed by atoms with Crippen LogP contribution in [0.4, 0.5) is 5.69 Å². The Kier molecular flexibility index (Phi) is 2.78. The summed E-state index contributed by atoms with van der Waals surface area (Å²) >= 11 is 6.03. The van der Waals surface area contributed by atoms with Crippen LogP contribution in [-0.4, -0.2) is 23.3 Å². The highest BCUT2D eigenvalue weighted by Gasteiger charge is 2.32. The second-order valence-corrected chi connectivity index (χ2v) is 4.26. The lowest BCUT2D eigenvalue weighted by Gasteiger charge is -2.26. The Morgan fingerprint density at radius 2 is 1.94 bits per heavy atom. The van der Waals surface area contributed by atoms with Crippen LogP contribution in [0.5, 0.6) is 0 Å². The molecule has 1 aromatic carbocycles. The lowest BCUT2D eigenvalue weighted by molar-refractivity contribution is 0.578. The van der Waals surface area contributed by atoms with Gasteiger partial charge in [-0.1, -0.05) is 29.8 Å². The van der Waals surface area contributed by atoms with Crippen LogP contribution in [0, 0.1) is 0 Å². The van der Waals surface area contributed by atoms with Crippen molar-refractivity contribution in [3.63, 3.8) is 0 Å². The van der Waals surface area contributed by atoms with Crippen molar-refractivity contribution in [3.8, 4) is 0 Å². The van der Waals surface area contributed by atoms with E-state index >= 15 is 0 Å². The van der Waals surface area contributed by atoms with Crippen LogP contribution >= 0.6 is 11.6 Å². The van der Waals surface area contributed by atoms with Gasteiger partial charge in [0.05, 0.1) is 6.21 Å². The summed E-state index contributed by atoms with van der Waals surface area (Å²) in [5.74, 6) is 0. The van der Waals surface area contributed by atoms with Gasteiger partial charge in [0.2, 0.25) is 0 Å². The molecule has 1 N–H and O–H groups in total. The van der Waals surface area contributed by atoms with Crippen molar-refractivity contribution < 1.29 is 5.02 Å². The SMILES string of the molecule is OB1c2c(ccnc2Cl)C=NN1c1ccccc1. The minimum Gasteiger partial charge on any atom is -0.427 e. The fourth-order valence-electron chi connectivity index (χ4n) is 1.93. The molecule has 0 saturated heterocycles. The van der Waals surface area contributed by atoms with E-state index < -0.39 is 7.05 Å². The van der Waals surface area contributed by atoms with E-state index in [0.29, 0.717) is 10.6 Å². The quantitative estimate of drug-likeness (QED) is 0.618. The fraction of sp³-hybridized carbons (Fsp3) is 0. The summed E-state index contributed by atoms with van der Waals surface area (Å²) in [6.07, 6.45) is 3.26. The standard InChI is InChI=1S/C12H9BClN3O/c14-12-11-9(6-7-15-12)8-16-17(13(11)18)10-4-2-1-3-5-10/h1-8,18H. The van der Waals surface area contributed by atoms with Gasteiger partial charge in [-0.3, -0.25) is 4.92 Å². The monoisotopic (exact) mass is 257 g/mol. The maximum Gasteiger partial charge on any atom is 0.474 e. The van der Waals surface area contributed by atoms with E-state index in [4.69, 9.17) is 11.6 Å². The predicted octanol–water partition coefficient (Wildman–Crippen LogP) is 1.28. The van der Waals surface area contributed by atoms with Gasteiger partial charge >= 0.3 is 7.05 Å². The number of halogens is 1. The van der Waals surface area contributed by atoms with E-state index in [9.17, 15) is 5.02 Å². The van der Waals surface area contributed by atoms with E-state index in [1.165, 1.54) is 4.92 Å². The summed E-state index contributed by atoms with van der Waals surface area (Å²) in [6.45, 7) is 0. The zero-order chi connectivity index (χ0) is 12.5. The molecule has 6 heteroatoms. The Bertz CT molecular complexity index is 606. The van der Waals surface area contributed by atoms with E-state index in [-0.39, 0.29) is 0 Å². The van der Waals surface area contributed by atoms with Gasteiger partial charge in [-0.05, 0) is 23.8 Å². The van der Waals surface area contributed by atoms with Gasteiger partial charge in [-0.15, -0.1) is 0 Å². The maximum atomic E-state index is 10.3. The number of fused-ring (bicyclic) bond motifs is 1. The molecule has 0 unspecified atom stereocenters. The van der Waals surface area contributed by atoms with E-state index in [0.717, 1.165) is 11.3 Å². The highest BCUT2D eigenvalue weighted by Crippen LogP contribution is 2.19. The molecule has 0 radical (unpaired) electrons. The molecular formula is C12H9BClN3O. The van der Waals surface area contributed by atoms with Crippen LogP contribution in [-0.2, 0) is 0 Å². The second kappa shape index (κ2) is 4.44. The maximum absolute atomic E-state index is 10.3. The van der Waals surface area contributed by atoms with Crippen molar-refractivity contribution in [2.45, 2.75) is 0 Å². The van der Waals surface area contributed by atoms with Crippen LogP contribution in [0.25, 0.3) is 0 Å². The Labute approximate surface area is 110 Å². The van der Waals surface area contributed by atoms with Crippen LogP contribution < -0.4 is 10.4 Å². The van der Waals surface area contributed by atoms with Crippen molar-refractivity contribution in [1.82, 2.24) is 4.98 Å². The van der Waals surface area contributed by atoms with Crippen molar-refractivity contribution in [1.29, 1.82) is 0 Å². The lowest BCUT2D eigenvalue weighted by atomic mass is 9.70. The largest absolute Gasteiger partial charge is 0.474 e. The number of hydrogen-bond acceptors (Lipinski definition) is 4. The first-order valence-electron chi connectivity index (χ1n) is 5.48. The number of hydrazone groups is 1. The topological polar surface area (TPSA) is 48.7 Å². The number of anilines is 1. The molecule has 0 fully saturated rings. The van der Waals surface area contributed by atoms with E-state index in [1.54, 1.807) is 18.5 Å². The zero-order valence-corrected chi connectivity index (χ0v) is 10.1. The average molecular weight is 257 g/mol. The zero-order valence-electron chi connectivity index (χ0n) is 9.36. The molecule has 0 amide bonds. The van der Waals surface area contributed by atoms with Gasteiger partial charge in [0.1, 0.15) is 5.15 Å². The summed E-state index contributed by atoms with van der Waals surface area (Å²) < 4.78 is 0. The van der Waals surface area contributed by atoms with Gasteiger partial charge in [0, 0.05) is 17.3 Å². The minimum atomic E-state index is -0.923. The molecule has 88 valence electrons. The van der Waals surface area contributed by atoms with Gasteiger partial charge < -0.3 is 5.02 Å². The third-order valence-corrected chi connectivity index (χ3v) is 3.11. The van der Waals surface area contributed by atoms with Gasteiger partial charge in [-0.2, -0.15) is 5.10 Å². The van der Waals surface area contributed by atoms with Crippen LogP contribution in [0.15, 0.2) is 47.7 Å². The number of rotatable bonds is 1. The molecule has 3 rings (SSSR count). The van der Waals surface area contributed by atoms with Crippen molar-refractivity contribution in [2.75, 3.05) is 4.92 Å². The molecule has 0 atom stereocenters. The Hall–Kier alpha value is -1.85.